The Balaban J connectivity index is 1.40. The van der Waals surface area contributed by atoms with Gasteiger partial charge in [-0.15, -0.1) is 0 Å². The SMILES string of the molecule is Cc1ccc(Oc2ncccc2CNC(=O)[C@@H]2COc3ccccc3O2)cn1. The molecular formula is C21H19N3O4. The maximum atomic E-state index is 12.5. The molecule has 142 valence electrons. The van der Waals surface area contributed by atoms with Gasteiger partial charge in [0.05, 0.1) is 6.20 Å². The normalized spacial score (nSPS) is 15.0. The number of para-hydroxylation sites is 2. The molecule has 7 heteroatoms. The second kappa shape index (κ2) is 7.96. The van der Waals surface area contributed by atoms with Crippen LogP contribution in [0.5, 0.6) is 23.1 Å². The second-order valence-electron chi connectivity index (χ2n) is 6.29. The lowest BCUT2D eigenvalue weighted by Crippen LogP contribution is -2.43. The lowest BCUT2D eigenvalue weighted by atomic mass is 10.2. The molecule has 4 rings (SSSR count). The molecule has 0 saturated carbocycles. The van der Waals surface area contributed by atoms with Crippen molar-refractivity contribution in [3.8, 4) is 23.1 Å². The molecule has 1 amide bonds. The van der Waals surface area contributed by atoms with Gasteiger partial charge in [0.25, 0.3) is 5.91 Å². The predicted molar refractivity (Wildman–Crippen MR) is 101 cm³/mol. The Kier molecular flexibility index (Phi) is 5.05. The maximum Gasteiger partial charge on any atom is 0.264 e. The molecule has 3 heterocycles. The first kappa shape index (κ1) is 17.8. The number of benzene rings is 1. The number of aromatic nitrogens is 2. The number of carbonyl (C=O) groups excluding carboxylic acids is 1. The van der Waals surface area contributed by atoms with Crippen LogP contribution in [0.1, 0.15) is 11.3 Å². The minimum Gasteiger partial charge on any atom is -0.485 e. The fourth-order valence-electron chi connectivity index (χ4n) is 2.72. The third-order valence-electron chi connectivity index (χ3n) is 4.20. The van der Waals surface area contributed by atoms with Crippen LogP contribution in [0.25, 0.3) is 0 Å². The second-order valence-corrected chi connectivity index (χ2v) is 6.29. The average molecular weight is 377 g/mol. The van der Waals surface area contributed by atoms with Gasteiger partial charge in [-0.1, -0.05) is 18.2 Å². The topological polar surface area (TPSA) is 82.6 Å². The highest BCUT2D eigenvalue weighted by Gasteiger charge is 2.27. The van der Waals surface area contributed by atoms with Crippen LogP contribution in [-0.4, -0.2) is 28.6 Å². The largest absolute Gasteiger partial charge is 0.485 e. The van der Waals surface area contributed by atoms with Crippen LogP contribution in [0, 0.1) is 6.92 Å². The zero-order valence-corrected chi connectivity index (χ0v) is 15.3. The molecule has 3 aromatic rings. The van der Waals surface area contributed by atoms with Crippen LogP contribution in [0.15, 0.2) is 60.9 Å². The Hall–Kier alpha value is -3.61. The number of hydrogen-bond acceptors (Lipinski definition) is 6. The number of hydrogen-bond donors (Lipinski definition) is 1. The van der Waals surface area contributed by atoms with Crippen molar-refractivity contribution in [2.24, 2.45) is 0 Å². The van der Waals surface area contributed by atoms with Crippen LogP contribution in [-0.2, 0) is 11.3 Å². The van der Waals surface area contributed by atoms with Gasteiger partial charge in [0.15, 0.2) is 11.5 Å². The van der Waals surface area contributed by atoms with Crippen molar-refractivity contribution >= 4 is 5.91 Å². The minimum atomic E-state index is -0.711. The Labute approximate surface area is 162 Å². The Morgan fingerprint density at radius 3 is 2.82 bits per heavy atom. The van der Waals surface area contributed by atoms with E-state index < -0.39 is 6.10 Å². The van der Waals surface area contributed by atoms with E-state index in [0.29, 0.717) is 23.1 Å². The van der Waals surface area contributed by atoms with E-state index in [4.69, 9.17) is 14.2 Å². The summed E-state index contributed by atoms with van der Waals surface area (Å²) in [6.07, 6.45) is 2.56. The number of pyridine rings is 2. The van der Waals surface area contributed by atoms with Gasteiger partial charge in [-0.3, -0.25) is 9.78 Å². The lowest BCUT2D eigenvalue weighted by Gasteiger charge is -2.25. The van der Waals surface area contributed by atoms with E-state index in [1.54, 1.807) is 24.5 Å². The van der Waals surface area contributed by atoms with Gasteiger partial charge in [-0.2, -0.15) is 0 Å². The molecule has 0 radical (unpaired) electrons. The van der Waals surface area contributed by atoms with E-state index in [0.717, 1.165) is 11.3 Å². The number of carbonyl (C=O) groups is 1. The van der Waals surface area contributed by atoms with Gasteiger partial charge in [-0.25, -0.2) is 4.98 Å². The van der Waals surface area contributed by atoms with Gasteiger partial charge in [0.1, 0.15) is 12.4 Å². The summed E-state index contributed by atoms with van der Waals surface area (Å²) in [7, 11) is 0. The highest BCUT2D eigenvalue weighted by Crippen LogP contribution is 2.31. The molecule has 1 aliphatic rings. The van der Waals surface area contributed by atoms with Crippen LogP contribution in [0.2, 0.25) is 0 Å². The van der Waals surface area contributed by atoms with Crippen molar-refractivity contribution in [1.29, 1.82) is 0 Å². The van der Waals surface area contributed by atoms with Crippen LogP contribution < -0.4 is 19.5 Å². The zero-order valence-electron chi connectivity index (χ0n) is 15.3. The molecule has 0 aliphatic carbocycles. The molecule has 28 heavy (non-hydrogen) atoms. The van der Waals surface area contributed by atoms with Crippen molar-refractivity contribution in [2.75, 3.05) is 6.61 Å². The average Bonchev–Trinajstić information content (AvgIpc) is 2.74. The smallest absolute Gasteiger partial charge is 0.264 e. The van der Waals surface area contributed by atoms with E-state index in [9.17, 15) is 4.79 Å². The molecule has 2 aromatic heterocycles. The third kappa shape index (κ3) is 4.03. The first-order valence-corrected chi connectivity index (χ1v) is 8.89. The van der Waals surface area contributed by atoms with Gasteiger partial charge >= 0.3 is 0 Å². The number of ether oxygens (including phenoxy) is 3. The summed E-state index contributed by atoms with van der Waals surface area (Å²) in [6, 6.07) is 14.6. The monoisotopic (exact) mass is 377 g/mol. The standard InChI is InChI=1S/C21H19N3O4/c1-14-8-9-16(12-23-14)27-21-15(5-4-10-22-21)11-24-20(25)19-13-26-17-6-2-3-7-18(17)28-19/h2-10,12,19H,11,13H2,1H3,(H,24,25)/t19-/m0/s1. The molecule has 1 aliphatic heterocycles. The van der Waals surface area contributed by atoms with Gasteiger partial charge in [0, 0.05) is 24.0 Å². The summed E-state index contributed by atoms with van der Waals surface area (Å²) >= 11 is 0. The van der Waals surface area contributed by atoms with Crippen molar-refractivity contribution in [2.45, 2.75) is 19.6 Å². The van der Waals surface area contributed by atoms with Gasteiger partial charge < -0.3 is 19.5 Å². The molecular weight excluding hydrogens is 358 g/mol. The van der Waals surface area contributed by atoms with Crippen molar-refractivity contribution in [3.63, 3.8) is 0 Å². The van der Waals surface area contributed by atoms with Crippen LogP contribution >= 0.6 is 0 Å². The first-order chi connectivity index (χ1) is 13.7. The quantitative estimate of drug-likeness (QED) is 0.736. The lowest BCUT2D eigenvalue weighted by molar-refractivity contribution is -0.130. The van der Waals surface area contributed by atoms with E-state index in [2.05, 4.69) is 15.3 Å². The summed E-state index contributed by atoms with van der Waals surface area (Å²) in [4.78, 5) is 21.0. The number of nitrogens with zero attached hydrogens (tertiary/aromatic N) is 2. The molecule has 1 N–H and O–H groups in total. The Morgan fingerprint density at radius 1 is 1.14 bits per heavy atom. The summed E-state index contributed by atoms with van der Waals surface area (Å²) in [6.45, 7) is 2.32. The zero-order chi connectivity index (χ0) is 19.3. The first-order valence-electron chi connectivity index (χ1n) is 8.89. The fourth-order valence-corrected chi connectivity index (χ4v) is 2.72. The van der Waals surface area contributed by atoms with Crippen LogP contribution in [0.3, 0.4) is 0 Å². The van der Waals surface area contributed by atoms with E-state index >= 15 is 0 Å². The van der Waals surface area contributed by atoms with Gasteiger partial charge in [0.2, 0.25) is 12.0 Å². The molecule has 7 nitrogen and oxygen atoms in total. The van der Waals surface area contributed by atoms with E-state index in [-0.39, 0.29) is 19.1 Å². The molecule has 0 fully saturated rings. The predicted octanol–water partition coefficient (Wildman–Crippen LogP) is 3.03. The maximum absolute atomic E-state index is 12.5. The number of rotatable bonds is 5. The number of aryl methyl sites for hydroxylation is 1. The summed E-state index contributed by atoms with van der Waals surface area (Å²) < 4.78 is 17.1. The molecule has 1 aromatic carbocycles. The number of nitrogens with one attached hydrogen (secondary N) is 1. The highest BCUT2D eigenvalue weighted by atomic mass is 16.6. The third-order valence-corrected chi connectivity index (χ3v) is 4.20. The van der Waals surface area contributed by atoms with Crippen molar-refractivity contribution < 1.29 is 19.0 Å². The highest BCUT2D eigenvalue weighted by molar-refractivity contribution is 5.81. The molecule has 1 atom stereocenters. The fraction of sp³-hybridized carbons (Fsp3) is 0.190. The van der Waals surface area contributed by atoms with Gasteiger partial charge in [-0.05, 0) is 37.3 Å². The number of amides is 1. The summed E-state index contributed by atoms with van der Waals surface area (Å²) in [5.41, 5.74) is 1.64. The Bertz CT molecular complexity index is 975. The molecule has 0 spiro atoms. The summed E-state index contributed by atoms with van der Waals surface area (Å²) in [5.74, 6) is 1.94. The minimum absolute atomic E-state index is 0.161. The number of fused-ring (bicyclic) bond motifs is 1. The molecule has 0 bridgehead atoms. The van der Waals surface area contributed by atoms with E-state index in [1.165, 1.54) is 0 Å². The molecule has 0 unspecified atom stereocenters. The molecule has 0 saturated heterocycles. The Morgan fingerprint density at radius 2 is 2.00 bits per heavy atom. The summed E-state index contributed by atoms with van der Waals surface area (Å²) in [5, 5.41) is 2.86. The van der Waals surface area contributed by atoms with Crippen LogP contribution in [0.4, 0.5) is 0 Å². The van der Waals surface area contributed by atoms with Crippen molar-refractivity contribution in [3.05, 3.63) is 72.2 Å². The van der Waals surface area contributed by atoms with E-state index in [1.807, 2.05) is 43.3 Å². The van der Waals surface area contributed by atoms with Crippen molar-refractivity contribution in [1.82, 2.24) is 15.3 Å².